The highest BCUT2D eigenvalue weighted by Gasteiger charge is 2.27. The van der Waals surface area contributed by atoms with E-state index in [9.17, 15) is 9.18 Å². The highest BCUT2D eigenvalue weighted by Crippen LogP contribution is 2.29. The summed E-state index contributed by atoms with van der Waals surface area (Å²) in [5.41, 5.74) is 0.486. The van der Waals surface area contributed by atoms with Crippen LogP contribution in [-0.4, -0.2) is 33.9 Å². The Morgan fingerprint density at radius 3 is 2.91 bits per heavy atom. The molecule has 1 unspecified atom stereocenters. The number of aromatic nitrogens is 2. The Morgan fingerprint density at radius 1 is 1.30 bits per heavy atom. The highest BCUT2D eigenvalue weighted by molar-refractivity contribution is 5.90. The van der Waals surface area contributed by atoms with Crippen LogP contribution in [0.1, 0.15) is 31.1 Å². The topological polar surface area (TPSA) is 58.1 Å². The molecule has 23 heavy (non-hydrogen) atoms. The SMILES string of the molecule is O=C(CCN1CCCC1c1ncccn1)Nc1cccc(F)c1. The molecule has 1 atom stereocenters. The zero-order valence-electron chi connectivity index (χ0n) is 12.8. The van der Waals surface area contributed by atoms with E-state index in [4.69, 9.17) is 0 Å². The number of anilines is 1. The van der Waals surface area contributed by atoms with Gasteiger partial charge in [-0.1, -0.05) is 6.07 Å². The lowest BCUT2D eigenvalue weighted by Crippen LogP contribution is -2.28. The molecule has 5 nitrogen and oxygen atoms in total. The summed E-state index contributed by atoms with van der Waals surface area (Å²) in [5.74, 6) is 0.342. The van der Waals surface area contributed by atoms with Crippen molar-refractivity contribution < 1.29 is 9.18 Å². The van der Waals surface area contributed by atoms with Crippen LogP contribution in [0.5, 0.6) is 0 Å². The van der Waals surface area contributed by atoms with E-state index < -0.39 is 0 Å². The molecule has 6 heteroatoms. The third-order valence-corrected chi connectivity index (χ3v) is 3.98. The molecule has 1 aromatic carbocycles. The smallest absolute Gasteiger partial charge is 0.225 e. The Hall–Kier alpha value is -2.34. The van der Waals surface area contributed by atoms with Crippen molar-refractivity contribution in [2.45, 2.75) is 25.3 Å². The van der Waals surface area contributed by atoms with Gasteiger partial charge in [-0.25, -0.2) is 14.4 Å². The van der Waals surface area contributed by atoms with Crippen LogP contribution in [0.15, 0.2) is 42.7 Å². The maximum atomic E-state index is 13.1. The number of amides is 1. The molecular formula is C17H19FN4O. The van der Waals surface area contributed by atoms with Crippen LogP contribution in [0.2, 0.25) is 0 Å². The van der Waals surface area contributed by atoms with Crippen LogP contribution >= 0.6 is 0 Å². The zero-order valence-corrected chi connectivity index (χ0v) is 12.8. The number of halogens is 1. The van der Waals surface area contributed by atoms with Gasteiger partial charge in [0, 0.05) is 31.0 Å². The van der Waals surface area contributed by atoms with E-state index in [1.54, 1.807) is 30.6 Å². The van der Waals surface area contributed by atoms with E-state index in [1.165, 1.54) is 12.1 Å². The molecule has 1 saturated heterocycles. The van der Waals surface area contributed by atoms with Crippen molar-refractivity contribution in [3.05, 3.63) is 54.4 Å². The van der Waals surface area contributed by atoms with Crippen molar-refractivity contribution in [3.8, 4) is 0 Å². The van der Waals surface area contributed by atoms with Gasteiger partial charge in [0.25, 0.3) is 0 Å². The van der Waals surface area contributed by atoms with Crippen LogP contribution < -0.4 is 5.32 Å². The minimum Gasteiger partial charge on any atom is -0.326 e. The second kappa shape index (κ2) is 7.28. The number of nitrogens with one attached hydrogen (secondary N) is 1. The predicted octanol–water partition coefficient (Wildman–Crippen LogP) is 2.78. The van der Waals surface area contributed by atoms with E-state index in [0.717, 1.165) is 25.2 Å². The van der Waals surface area contributed by atoms with Crippen molar-refractivity contribution >= 4 is 11.6 Å². The number of rotatable bonds is 5. The van der Waals surface area contributed by atoms with Crippen molar-refractivity contribution in [2.75, 3.05) is 18.4 Å². The molecule has 0 aliphatic carbocycles. The van der Waals surface area contributed by atoms with E-state index in [1.807, 2.05) is 0 Å². The molecule has 0 saturated carbocycles. The first-order chi connectivity index (χ1) is 11.2. The van der Waals surface area contributed by atoms with Gasteiger partial charge in [0.15, 0.2) is 0 Å². The number of likely N-dealkylation sites (tertiary alicyclic amines) is 1. The summed E-state index contributed by atoms with van der Waals surface area (Å²) in [6, 6.07) is 7.90. The lowest BCUT2D eigenvalue weighted by Gasteiger charge is -2.22. The monoisotopic (exact) mass is 314 g/mol. The van der Waals surface area contributed by atoms with Gasteiger partial charge in [-0.2, -0.15) is 0 Å². The van der Waals surface area contributed by atoms with Crippen LogP contribution in [0, 0.1) is 5.82 Å². The van der Waals surface area contributed by atoms with E-state index >= 15 is 0 Å². The van der Waals surface area contributed by atoms with Crippen molar-refractivity contribution in [2.24, 2.45) is 0 Å². The largest absolute Gasteiger partial charge is 0.326 e. The number of hydrogen-bond acceptors (Lipinski definition) is 4. The molecular weight excluding hydrogens is 295 g/mol. The Kier molecular flexibility index (Phi) is 4.92. The van der Waals surface area contributed by atoms with Gasteiger partial charge in [0.1, 0.15) is 11.6 Å². The van der Waals surface area contributed by atoms with Crippen LogP contribution in [0.3, 0.4) is 0 Å². The fourth-order valence-electron chi connectivity index (χ4n) is 2.90. The van der Waals surface area contributed by atoms with Crippen molar-refractivity contribution in [1.29, 1.82) is 0 Å². The molecule has 1 N–H and O–H groups in total. The van der Waals surface area contributed by atoms with Gasteiger partial charge < -0.3 is 5.32 Å². The normalized spacial score (nSPS) is 18.0. The number of benzene rings is 1. The van der Waals surface area contributed by atoms with E-state index in [-0.39, 0.29) is 17.8 Å². The fourth-order valence-corrected chi connectivity index (χ4v) is 2.90. The summed E-state index contributed by atoms with van der Waals surface area (Å²) in [5, 5.41) is 2.72. The van der Waals surface area contributed by atoms with Crippen molar-refractivity contribution in [3.63, 3.8) is 0 Å². The van der Waals surface area contributed by atoms with Crippen LogP contribution in [0.4, 0.5) is 10.1 Å². The zero-order chi connectivity index (χ0) is 16.1. The predicted molar refractivity (Wildman–Crippen MR) is 85.2 cm³/mol. The Labute approximate surface area is 134 Å². The highest BCUT2D eigenvalue weighted by atomic mass is 19.1. The third kappa shape index (κ3) is 4.10. The second-order valence-electron chi connectivity index (χ2n) is 5.61. The lowest BCUT2D eigenvalue weighted by molar-refractivity contribution is -0.116. The maximum Gasteiger partial charge on any atom is 0.225 e. The Balaban J connectivity index is 1.54. The number of carbonyl (C=O) groups excluding carboxylic acids is 1. The third-order valence-electron chi connectivity index (χ3n) is 3.98. The van der Waals surface area contributed by atoms with Crippen molar-refractivity contribution in [1.82, 2.24) is 14.9 Å². The summed E-state index contributed by atoms with van der Waals surface area (Å²) in [6.45, 7) is 1.58. The molecule has 1 aromatic heterocycles. The lowest BCUT2D eigenvalue weighted by atomic mass is 10.2. The van der Waals surface area contributed by atoms with Crippen LogP contribution in [0.25, 0.3) is 0 Å². The minimum atomic E-state index is -0.358. The average Bonchev–Trinajstić information content (AvgIpc) is 3.02. The second-order valence-corrected chi connectivity index (χ2v) is 5.61. The Morgan fingerprint density at radius 2 is 2.13 bits per heavy atom. The number of carbonyl (C=O) groups is 1. The standard InChI is InChI=1S/C17H19FN4O/c18-13-4-1-5-14(12-13)21-16(23)7-11-22-10-2-6-15(22)17-19-8-3-9-20-17/h1,3-5,8-9,12,15H,2,6-7,10-11H2,(H,21,23). The maximum absolute atomic E-state index is 13.1. The summed E-state index contributed by atoms with van der Waals surface area (Å²) >= 11 is 0. The summed E-state index contributed by atoms with van der Waals surface area (Å²) in [4.78, 5) is 22.9. The molecule has 2 heterocycles. The summed E-state index contributed by atoms with van der Waals surface area (Å²) in [6.07, 6.45) is 5.94. The molecule has 1 aliphatic rings. The van der Waals surface area contributed by atoms with Gasteiger partial charge in [-0.3, -0.25) is 9.69 Å². The minimum absolute atomic E-state index is 0.116. The fraction of sp³-hybridized carbons (Fsp3) is 0.353. The Bertz CT molecular complexity index is 665. The quantitative estimate of drug-likeness (QED) is 0.922. The average molecular weight is 314 g/mol. The molecule has 1 amide bonds. The molecule has 3 rings (SSSR count). The van der Waals surface area contributed by atoms with Gasteiger partial charge in [-0.05, 0) is 43.7 Å². The van der Waals surface area contributed by atoms with Gasteiger partial charge in [-0.15, -0.1) is 0 Å². The van der Waals surface area contributed by atoms with Gasteiger partial charge >= 0.3 is 0 Å². The molecule has 0 bridgehead atoms. The first-order valence-corrected chi connectivity index (χ1v) is 7.79. The molecule has 1 aliphatic heterocycles. The molecule has 1 fully saturated rings. The van der Waals surface area contributed by atoms with E-state index in [2.05, 4.69) is 20.2 Å². The summed E-state index contributed by atoms with van der Waals surface area (Å²) in [7, 11) is 0. The molecule has 0 spiro atoms. The van der Waals surface area contributed by atoms with Gasteiger partial charge in [0.2, 0.25) is 5.91 Å². The van der Waals surface area contributed by atoms with Crippen LogP contribution in [-0.2, 0) is 4.79 Å². The first-order valence-electron chi connectivity index (χ1n) is 7.79. The molecule has 0 radical (unpaired) electrons. The molecule has 2 aromatic rings. The number of hydrogen-bond donors (Lipinski definition) is 1. The summed E-state index contributed by atoms with van der Waals surface area (Å²) < 4.78 is 13.1. The van der Waals surface area contributed by atoms with E-state index in [0.29, 0.717) is 18.7 Å². The number of nitrogens with zero attached hydrogens (tertiary/aromatic N) is 3. The molecule has 120 valence electrons. The van der Waals surface area contributed by atoms with Gasteiger partial charge in [0.05, 0.1) is 6.04 Å². The first kappa shape index (κ1) is 15.6.